The second-order valence-electron chi connectivity index (χ2n) is 7.39. The van der Waals surface area contributed by atoms with Gasteiger partial charge in [0, 0.05) is 18.5 Å². The molecule has 0 amide bonds. The molecule has 0 aliphatic carbocycles. The van der Waals surface area contributed by atoms with Crippen molar-refractivity contribution in [1.82, 2.24) is 4.31 Å². The van der Waals surface area contributed by atoms with Crippen LogP contribution in [0.3, 0.4) is 0 Å². The van der Waals surface area contributed by atoms with Gasteiger partial charge in [0.1, 0.15) is 5.84 Å². The van der Waals surface area contributed by atoms with Crippen molar-refractivity contribution in [1.29, 1.82) is 0 Å². The van der Waals surface area contributed by atoms with Crippen LogP contribution in [0.4, 0.5) is 8.78 Å². The summed E-state index contributed by atoms with van der Waals surface area (Å²) in [6.07, 6.45) is -0.444. The SMILES string of the molecule is Cc1cc(S(=O)(=O)N2CCC(F)(F)C2)ccc1-c1ccc2c(c1C)C(N)=NC2. The Balaban J connectivity index is 1.72. The smallest absolute Gasteiger partial charge is 0.262 e. The second-order valence-corrected chi connectivity index (χ2v) is 9.33. The number of halogens is 2. The number of aryl methyl sites for hydroxylation is 1. The van der Waals surface area contributed by atoms with E-state index in [0.29, 0.717) is 12.4 Å². The third-order valence-electron chi connectivity index (χ3n) is 5.49. The molecule has 5 nitrogen and oxygen atoms in total. The predicted octanol–water partition coefficient (Wildman–Crippen LogP) is 3.22. The molecule has 1 fully saturated rings. The lowest BCUT2D eigenvalue weighted by molar-refractivity contribution is 0.0183. The van der Waals surface area contributed by atoms with Crippen LogP contribution < -0.4 is 5.73 Å². The minimum atomic E-state index is -3.95. The molecule has 0 bridgehead atoms. The van der Waals surface area contributed by atoms with Crippen molar-refractivity contribution < 1.29 is 17.2 Å². The number of nitrogens with two attached hydrogens (primary N) is 1. The van der Waals surface area contributed by atoms with Gasteiger partial charge < -0.3 is 5.73 Å². The second kappa shape index (κ2) is 6.35. The van der Waals surface area contributed by atoms with E-state index in [4.69, 9.17) is 5.73 Å². The van der Waals surface area contributed by atoms with E-state index in [1.54, 1.807) is 12.1 Å². The van der Waals surface area contributed by atoms with Crippen LogP contribution in [0.25, 0.3) is 11.1 Å². The standard InChI is InChI=1S/C20H21F2N3O2S/c1-12-9-15(28(26,27)25-8-7-20(21,22)11-25)4-6-16(12)17-5-3-14-10-24-19(23)18(14)13(17)2/h3-6,9H,7-8,10-11H2,1-2H3,(H2,23,24). The lowest BCUT2D eigenvalue weighted by Crippen LogP contribution is -2.31. The highest BCUT2D eigenvalue weighted by Gasteiger charge is 2.43. The molecule has 2 heterocycles. The monoisotopic (exact) mass is 405 g/mol. The minimum absolute atomic E-state index is 0.0336. The first-order chi connectivity index (χ1) is 13.1. The van der Waals surface area contributed by atoms with Crippen LogP contribution in [0.1, 0.15) is 28.7 Å². The van der Waals surface area contributed by atoms with E-state index >= 15 is 0 Å². The molecule has 2 aromatic carbocycles. The number of hydrogen-bond donors (Lipinski definition) is 1. The molecule has 0 saturated carbocycles. The van der Waals surface area contributed by atoms with Crippen molar-refractivity contribution in [3.05, 3.63) is 52.6 Å². The number of hydrogen-bond acceptors (Lipinski definition) is 4. The highest BCUT2D eigenvalue weighted by atomic mass is 32.2. The molecule has 0 aromatic heterocycles. The molecule has 0 spiro atoms. The lowest BCUT2D eigenvalue weighted by Gasteiger charge is -2.18. The van der Waals surface area contributed by atoms with Crippen LogP contribution in [0.5, 0.6) is 0 Å². The molecule has 2 aliphatic rings. The summed E-state index contributed by atoms with van der Waals surface area (Å²) in [7, 11) is -3.95. The van der Waals surface area contributed by atoms with Crippen LogP contribution >= 0.6 is 0 Å². The first-order valence-electron chi connectivity index (χ1n) is 9.02. The lowest BCUT2D eigenvalue weighted by atomic mass is 9.91. The number of alkyl halides is 2. The van der Waals surface area contributed by atoms with Crippen molar-refractivity contribution in [2.24, 2.45) is 10.7 Å². The number of rotatable bonds is 3. The highest BCUT2D eigenvalue weighted by Crippen LogP contribution is 2.35. The fourth-order valence-electron chi connectivity index (χ4n) is 3.95. The largest absolute Gasteiger partial charge is 0.383 e. The summed E-state index contributed by atoms with van der Waals surface area (Å²) in [6, 6.07) is 8.73. The zero-order valence-electron chi connectivity index (χ0n) is 15.7. The van der Waals surface area contributed by atoms with Gasteiger partial charge in [0.25, 0.3) is 5.92 Å². The van der Waals surface area contributed by atoms with Crippen molar-refractivity contribution in [2.75, 3.05) is 13.1 Å². The van der Waals surface area contributed by atoms with E-state index in [1.807, 2.05) is 26.0 Å². The van der Waals surface area contributed by atoms with E-state index in [2.05, 4.69) is 4.99 Å². The van der Waals surface area contributed by atoms with E-state index in [-0.39, 0.29) is 11.4 Å². The molecule has 148 valence electrons. The van der Waals surface area contributed by atoms with Crippen molar-refractivity contribution in [3.63, 3.8) is 0 Å². The number of aliphatic imine (C=N–C) groups is 1. The van der Waals surface area contributed by atoms with Crippen molar-refractivity contribution >= 4 is 15.9 Å². The maximum atomic E-state index is 13.5. The quantitative estimate of drug-likeness (QED) is 0.852. The van der Waals surface area contributed by atoms with Gasteiger partial charge in [-0.3, -0.25) is 4.99 Å². The van der Waals surface area contributed by atoms with Gasteiger partial charge in [-0.25, -0.2) is 17.2 Å². The van der Waals surface area contributed by atoms with Crippen molar-refractivity contribution in [2.45, 2.75) is 37.6 Å². The van der Waals surface area contributed by atoms with Crippen LogP contribution in [0.15, 0.2) is 40.2 Å². The summed E-state index contributed by atoms with van der Waals surface area (Å²) in [5, 5.41) is 0. The maximum absolute atomic E-state index is 13.5. The van der Waals surface area contributed by atoms with E-state index in [9.17, 15) is 17.2 Å². The van der Waals surface area contributed by atoms with E-state index < -0.39 is 28.9 Å². The molecule has 1 saturated heterocycles. The molecule has 2 aromatic rings. The molecular weight excluding hydrogens is 384 g/mol. The summed E-state index contributed by atoms with van der Waals surface area (Å²) in [5.74, 6) is -2.45. The molecule has 4 rings (SSSR count). The number of benzene rings is 2. The van der Waals surface area contributed by atoms with Gasteiger partial charge in [0.15, 0.2) is 0 Å². The Morgan fingerprint density at radius 2 is 1.86 bits per heavy atom. The fourth-order valence-corrected chi connectivity index (χ4v) is 5.51. The Labute approximate surface area is 162 Å². The Morgan fingerprint density at radius 3 is 2.50 bits per heavy atom. The first kappa shape index (κ1) is 19.0. The van der Waals surface area contributed by atoms with Gasteiger partial charge in [-0.05, 0) is 53.8 Å². The Bertz CT molecular complexity index is 1110. The van der Waals surface area contributed by atoms with Gasteiger partial charge >= 0.3 is 0 Å². The van der Waals surface area contributed by atoms with E-state index in [0.717, 1.165) is 37.7 Å². The Morgan fingerprint density at radius 1 is 1.14 bits per heavy atom. The van der Waals surface area contributed by atoms with Gasteiger partial charge in [-0.1, -0.05) is 18.2 Å². The normalized spacial score (nSPS) is 18.9. The molecule has 2 aliphatic heterocycles. The number of sulfonamides is 1. The van der Waals surface area contributed by atoms with Crippen LogP contribution in [0, 0.1) is 13.8 Å². The van der Waals surface area contributed by atoms with Crippen LogP contribution in [-0.2, 0) is 16.6 Å². The molecule has 0 radical (unpaired) electrons. The summed E-state index contributed by atoms with van der Waals surface area (Å²) in [5.41, 5.74) is 11.6. The topological polar surface area (TPSA) is 75.8 Å². The molecule has 28 heavy (non-hydrogen) atoms. The third kappa shape index (κ3) is 3.00. The van der Waals surface area contributed by atoms with Gasteiger partial charge in [-0.15, -0.1) is 0 Å². The number of fused-ring (bicyclic) bond motifs is 1. The predicted molar refractivity (Wildman–Crippen MR) is 104 cm³/mol. The molecule has 2 N–H and O–H groups in total. The van der Waals surface area contributed by atoms with Crippen LogP contribution in [-0.4, -0.2) is 37.6 Å². The third-order valence-corrected chi connectivity index (χ3v) is 7.33. The number of nitrogens with zero attached hydrogens (tertiary/aromatic N) is 2. The maximum Gasteiger partial charge on any atom is 0.262 e. The van der Waals surface area contributed by atoms with Gasteiger partial charge in [0.05, 0.1) is 18.0 Å². The first-order valence-corrected chi connectivity index (χ1v) is 10.5. The van der Waals surface area contributed by atoms with Crippen LogP contribution in [0.2, 0.25) is 0 Å². The molecule has 0 unspecified atom stereocenters. The summed E-state index contributed by atoms with van der Waals surface area (Å²) in [6.45, 7) is 3.42. The molecule has 8 heteroatoms. The zero-order chi connectivity index (χ0) is 20.3. The van der Waals surface area contributed by atoms with Crippen molar-refractivity contribution in [3.8, 4) is 11.1 Å². The molecule has 0 atom stereocenters. The average molecular weight is 405 g/mol. The Hall–Kier alpha value is -2.32. The van der Waals surface area contributed by atoms with Gasteiger partial charge in [0.2, 0.25) is 10.0 Å². The Kier molecular flexibility index (Phi) is 4.31. The fraction of sp³-hybridized carbons (Fsp3) is 0.350. The van der Waals surface area contributed by atoms with E-state index in [1.165, 1.54) is 6.07 Å². The minimum Gasteiger partial charge on any atom is -0.383 e. The summed E-state index contributed by atoms with van der Waals surface area (Å²) >= 11 is 0. The highest BCUT2D eigenvalue weighted by molar-refractivity contribution is 7.89. The molecular formula is C20H21F2N3O2S. The summed E-state index contributed by atoms with van der Waals surface area (Å²) in [4.78, 5) is 4.31. The summed E-state index contributed by atoms with van der Waals surface area (Å²) < 4.78 is 53.3. The number of amidine groups is 1. The zero-order valence-corrected chi connectivity index (χ0v) is 16.5. The average Bonchev–Trinajstić information content (AvgIpc) is 3.19. The van der Waals surface area contributed by atoms with Gasteiger partial charge in [-0.2, -0.15) is 4.31 Å².